The Labute approximate surface area is 283 Å². The summed E-state index contributed by atoms with van der Waals surface area (Å²) in [7, 11) is 2.16. The summed E-state index contributed by atoms with van der Waals surface area (Å²) in [5.74, 6) is 0.632. The van der Waals surface area contributed by atoms with Crippen molar-refractivity contribution in [3.05, 3.63) is 83.3 Å². The molecule has 2 aliphatic rings. The summed E-state index contributed by atoms with van der Waals surface area (Å²) in [5.41, 5.74) is 7.38. The summed E-state index contributed by atoms with van der Waals surface area (Å²) in [4.78, 5) is 18.6. The molecule has 0 radical (unpaired) electrons. The highest BCUT2D eigenvalue weighted by molar-refractivity contribution is 6.05. The zero-order chi connectivity index (χ0) is 33.0. The van der Waals surface area contributed by atoms with Crippen LogP contribution in [0.25, 0.3) is 32.8 Å². The number of carbonyl (C=O) groups is 1. The summed E-state index contributed by atoms with van der Waals surface area (Å²) in [6.07, 6.45) is 2.39. The van der Waals surface area contributed by atoms with Crippen LogP contribution in [0.5, 0.6) is 5.75 Å². The number of aromatic nitrogens is 3. The minimum Gasteiger partial charge on any atom is -0.493 e. The number of esters is 1. The van der Waals surface area contributed by atoms with Gasteiger partial charge in [0.25, 0.3) is 0 Å². The van der Waals surface area contributed by atoms with Crippen LogP contribution in [0.4, 0.5) is 0 Å². The SMILES string of the molecule is CCOC(=O)c1c(CCCOc2cccc3ccccc23)c2cccc3c2n1CCCN(C)Cc1nn(CCN2CCOCC2)c(C)c1-3. The second-order valence-corrected chi connectivity index (χ2v) is 13.0. The summed E-state index contributed by atoms with van der Waals surface area (Å²) in [6.45, 7) is 12.6. The van der Waals surface area contributed by atoms with Gasteiger partial charge in [0.15, 0.2) is 0 Å². The predicted octanol–water partition coefficient (Wildman–Crippen LogP) is 6.32. The van der Waals surface area contributed by atoms with E-state index in [9.17, 15) is 4.79 Å². The molecular formula is C39H47N5O4. The van der Waals surface area contributed by atoms with Gasteiger partial charge in [-0.2, -0.15) is 5.10 Å². The van der Waals surface area contributed by atoms with E-state index < -0.39 is 0 Å². The number of para-hydroxylation sites is 1. The van der Waals surface area contributed by atoms with Gasteiger partial charge < -0.3 is 23.7 Å². The number of aryl methyl sites for hydroxylation is 2. The third kappa shape index (κ3) is 6.46. The zero-order valence-electron chi connectivity index (χ0n) is 28.5. The molecule has 2 aromatic heterocycles. The van der Waals surface area contributed by atoms with Crippen molar-refractivity contribution in [3.8, 4) is 16.9 Å². The lowest BCUT2D eigenvalue weighted by molar-refractivity contribution is 0.0359. The van der Waals surface area contributed by atoms with Gasteiger partial charge in [0, 0.05) is 60.3 Å². The Hall–Kier alpha value is -4.18. The molecule has 0 aliphatic carbocycles. The number of ether oxygens (including phenoxy) is 3. The number of nitrogens with zero attached hydrogens (tertiary/aromatic N) is 5. The highest BCUT2D eigenvalue weighted by atomic mass is 16.5. The topological polar surface area (TPSA) is 74.0 Å². The van der Waals surface area contributed by atoms with Gasteiger partial charge >= 0.3 is 5.97 Å². The molecule has 0 N–H and O–H groups in total. The van der Waals surface area contributed by atoms with Gasteiger partial charge in [0.2, 0.25) is 0 Å². The molecule has 1 fully saturated rings. The summed E-state index contributed by atoms with van der Waals surface area (Å²) >= 11 is 0. The van der Waals surface area contributed by atoms with E-state index in [0.29, 0.717) is 25.3 Å². The van der Waals surface area contributed by atoms with Crippen molar-refractivity contribution >= 4 is 27.6 Å². The number of fused-ring (bicyclic) bond motifs is 3. The molecule has 252 valence electrons. The molecule has 48 heavy (non-hydrogen) atoms. The van der Waals surface area contributed by atoms with E-state index in [4.69, 9.17) is 19.3 Å². The minimum absolute atomic E-state index is 0.256. The molecule has 0 saturated carbocycles. The number of hydrogen-bond donors (Lipinski definition) is 0. The van der Waals surface area contributed by atoms with Gasteiger partial charge in [-0.25, -0.2) is 4.79 Å². The van der Waals surface area contributed by atoms with Crippen LogP contribution in [0, 0.1) is 6.92 Å². The Kier molecular flexibility index (Phi) is 9.79. The van der Waals surface area contributed by atoms with Gasteiger partial charge in [0.1, 0.15) is 11.4 Å². The highest BCUT2D eigenvalue weighted by Crippen LogP contribution is 2.39. The number of hydrogen-bond acceptors (Lipinski definition) is 7. The zero-order valence-corrected chi connectivity index (χ0v) is 28.5. The molecule has 0 spiro atoms. The van der Waals surface area contributed by atoms with E-state index in [1.54, 1.807) is 0 Å². The average Bonchev–Trinajstić information content (AvgIpc) is 3.59. The first kappa shape index (κ1) is 32.4. The first-order valence-electron chi connectivity index (χ1n) is 17.5. The Morgan fingerprint density at radius 2 is 1.73 bits per heavy atom. The molecule has 3 aromatic carbocycles. The number of morpholine rings is 1. The van der Waals surface area contributed by atoms with Crippen molar-refractivity contribution in [2.45, 2.75) is 52.7 Å². The van der Waals surface area contributed by atoms with Crippen LogP contribution in [-0.4, -0.2) is 89.8 Å². The van der Waals surface area contributed by atoms with Crippen LogP contribution in [-0.2, 0) is 35.5 Å². The third-order valence-electron chi connectivity index (χ3n) is 9.86. The Bertz CT molecular complexity index is 1900. The van der Waals surface area contributed by atoms with Crippen LogP contribution >= 0.6 is 0 Å². The van der Waals surface area contributed by atoms with E-state index in [1.165, 1.54) is 5.56 Å². The van der Waals surface area contributed by atoms with E-state index >= 15 is 0 Å². The summed E-state index contributed by atoms with van der Waals surface area (Å²) < 4.78 is 22.1. The molecule has 7 rings (SSSR count). The van der Waals surface area contributed by atoms with Crippen molar-refractivity contribution < 1.29 is 19.0 Å². The van der Waals surface area contributed by atoms with Gasteiger partial charge in [-0.15, -0.1) is 0 Å². The fourth-order valence-corrected chi connectivity index (χ4v) is 7.53. The van der Waals surface area contributed by atoms with E-state index in [-0.39, 0.29) is 5.97 Å². The van der Waals surface area contributed by atoms with Crippen LogP contribution in [0.2, 0.25) is 0 Å². The molecule has 0 unspecified atom stereocenters. The normalized spacial score (nSPS) is 15.9. The molecule has 9 nitrogen and oxygen atoms in total. The van der Waals surface area contributed by atoms with Crippen LogP contribution in [0.15, 0.2) is 60.7 Å². The van der Waals surface area contributed by atoms with E-state index in [2.05, 4.69) is 69.4 Å². The second-order valence-electron chi connectivity index (χ2n) is 13.0. The summed E-state index contributed by atoms with van der Waals surface area (Å²) in [5, 5.41) is 8.61. The number of rotatable bonds is 10. The van der Waals surface area contributed by atoms with Crippen molar-refractivity contribution in [1.29, 1.82) is 0 Å². The van der Waals surface area contributed by atoms with Crippen molar-refractivity contribution in [2.75, 3.05) is 59.7 Å². The van der Waals surface area contributed by atoms with Crippen LogP contribution < -0.4 is 4.74 Å². The standard InChI is InChI=1S/C39H47N5O4/c1-4-47-39(45)38-32(16-9-24-48-35-17-7-12-29-11-5-6-13-30(29)35)31-14-8-15-33-36-28(2)44(21-20-42-22-25-46-26-23-42)40-34(36)27-41(3)18-10-19-43(38)37(31)33/h5-8,11-15,17H,4,9-10,16,18-27H2,1-3H3. The lowest BCUT2D eigenvalue weighted by Crippen LogP contribution is -2.38. The van der Waals surface area contributed by atoms with Gasteiger partial charge in [-0.05, 0) is 63.7 Å². The van der Waals surface area contributed by atoms with E-state index in [1.807, 2.05) is 31.2 Å². The third-order valence-corrected chi connectivity index (χ3v) is 9.86. The minimum atomic E-state index is -0.256. The predicted molar refractivity (Wildman–Crippen MR) is 190 cm³/mol. The quantitative estimate of drug-likeness (QED) is 0.130. The van der Waals surface area contributed by atoms with Crippen molar-refractivity contribution in [1.82, 2.24) is 24.1 Å². The number of carbonyl (C=O) groups excluding carboxylic acids is 1. The molecular weight excluding hydrogens is 602 g/mol. The first-order valence-corrected chi connectivity index (χ1v) is 17.5. The molecule has 5 aromatic rings. The van der Waals surface area contributed by atoms with Gasteiger partial charge in [0.05, 0.1) is 44.2 Å². The second kappa shape index (κ2) is 14.5. The average molecular weight is 650 g/mol. The molecule has 2 aliphatic heterocycles. The maximum absolute atomic E-state index is 13.8. The largest absolute Gasteiger partial charge is 0.493 e. The van der Waals surface area contributed by atoms with E-state index in [0.717, 1.165) is 122 Å². The fraction of sp³-hybridized carbons (Fsp3) is 0.436. The fourth-order valence-electron chi connectivity index (χ4n) is 7.53. The molecule has 4 heterocycles. The Morgan fingerprint density at radius 1 is 0.938 bits per heavy atom. The molecule has 0 atom stereocenters. The Morgan fingerprint density at radius 3 is 2.58 bits per heavy atom. The Balaban J connectivity index is 1.26. The van der Waals surface area contributed by atoms with Crippen molar-refractivity contribution in [2.24, 2.45) is 0 Å². The van der Waals surface area contributed by atoms with Crippen LogP contribution in [0.3, 0.4) is 0 Å². The molecule has 0 amide bonds. The molecule has 9 heteroatoms. The van der Waals surface area contributed by atoms with Gasteiger partial charge in [-0.1, -0.05) is 54.6 Å². The van der Waals surface area contributed by atoms with Gasteiger partial charge in [-0.3, -0.25) is 9.58 Å². The lowest BCUT2D eigenvalue weighted by Gasteiger charge is -2.26. The molecule has 1 saturated heterocycles. The highest BCUT2D eigenvalue weighted by Gasteiger charge is 2.29. The monoisotopic (exact) mass is 649 g/mol. The maximum atomic E-state index is 13.8. The lowest BCUT2D eigenvalue weighted by atomic mass is 9.98. The first-order chi connectivity index (χ1) is 23.5. The van der Waals surface area contributed by atoms with Crippen molar-refractivity contribution in [3.63, 3.8) is 0 Å². The maximum Gasteiger partial charge on any atom is 0.355 e. The molecule has 0 bridgehead atoms. The number of benzene rings is 3. The van der Waals surface area contributed by atoms with Crippen LogP contribution in [0.1, 0.15) is 47.2 Å². The summed E-state index contributed by atoms with van der Waals surface area (Å²) in [6, 6.07) is 21.0. The smallest absolute Gasteiger partial charge is 0.355 e.